The van der Waals surface area contributed by atoms with Gasteiger partial charge < -0.3 is 18.9 Å². The fraction of sp³-hybridized carbons (Fsp3) is 0.692. The van der Waals surface area contributed by atoms with Gasteiger partial charge in [0.1, 0.15) is 24.7 Å². The normalized spacial score (nSPS) is 29.6. The molecule has 4 atom stereocenters. The van der Waals surface area contributed by atoms with E-state index in [-0.39, 0.29) is 25.0 Å². The highest BCUT2D eigenvalue weighted by Gasteiger charge is 2.43. The van der Waals surface area contributed by atoms with Gasteiger partial charge in [-0.1, -0.05) is 27.7 Å². The maximum absolute atomic E-state index is 12.7. The zero-order chi connectivity index (χ0) is 25.4. The lowest BCUT2D eigenvalue weighted by atomic mass is 9.75. The van der Waals surface area contributed by atoms with Crippen LogP contribution in [0.5, 0.6) is 0 Å². The minimum Gasteiger partial charge on any atom is -0.497 e. The highest BCUT2D eigenvalue weighted by molar-refractivity contribution is 7.33. The van der Waals surface area contributed by atoms with Crippen LogP contribution < -0.4 is 0 Å². The molecule has 0 bridgehead atoms. The first-order chi connectivity index (χ1) is 16.3. The van der Waals surface area contributed by atoms with E-state index in [0.29, 0.717) is 0 Å². The summed E-state index contributed by atoms with van der Waals surface area (Å²) < 4.78 is 46.9. The Morgan fingerprint density at radius 2 is 1.12 bits per heavy atom. The largest absolute Gasteiger partial charge is 0.698 e. The molecule has 0 heterocycles. The molecule has 0 amide bonds. The van der Waals surface area contributed by atoms with Crippen molar-refractivity contribution in [2.45, 2.75) is 64.6 Å². The summed E-state index contributed by atoms with van der Waals surface area (Å²) >= 11 is 0. The van der Waals surface area contributed by atoms with Crippen LogP contribution in [0.15, 0.2) is 47.0 Å². The van der Waals surface area contributed by atoms with Crippen molar-refractivity contribution in [3.05, 3.63) is 47.0 Å². The molecule has 8 heteroatoms. The van der Waals surface area contributed by atoms with Gasteiger partial charge in [0.15, 0.2) is 0 Å². The molecule has 0 spiro atoms. The van der Waals surface area contributed by atoms with Crippen molar-refractivity contribution in [1.82, 2.24) is 0 Å². The van der Waals surface area contributed by atoms with Crippen LogP contribution in [0.4, 0.5) is 0 Å². The molecule has 34 heavy (non-hydrogen) atoms. The fourth-order valence-corrected chi connectivity index (χ4v) is 5.96. The Balaban J connectivity index is 2.10. The number of rotatable bonds is 14. The van der Waals surface area contributed by atoms with Crippen LogP contribution in [-0.2, 0) is 32.6 Å². The summed E-state index contributed by atoms with van der Waals surface area (Å²) in [5.41, 5.74) is 1.01. The van der Waals surface area contributed by atoms with Gasteiger partial charge in [-0.05, 0) is 61.1 Å². The van der Waals surface area contributed by atoms with E-state index in [1.165, 1.54) is 0 Å². The standard InChI is InChI=1S/C26H42O7P/c1-9-23-19(13-21(28-5)15-25(23,11-3)30-7)17-32-34(27)33-18-20-14-22(29-6)16-26(12-4,31-8)24(20)10-2/h13-16,23-24H,9-12,17-18H2,1-8H3/q+1. The minimum atomic E-state index is -2.33. The van der Waals surface area contributed by atoms with Crippen LogP contribution in [0, 0.1) is 11.8 Å². The van der Waals surface area contributed by atoms with Crippen LogP contribution in [0.25, 0.3) is 0 Å². The number of ether oxygens (including phenoxy) is 4. The fourth-order valence-electron chi connectivity index (χ4n) is 5.38. The van der Waals surface area contributed by atoms with E-state index in [1.807, 2.05) is 24.3 Å². The molecule has 0 aromatic carbocycles. The second-order valence-corrected chi connectivity index (χ2v) is 9.62. The predicted molar refractivity (Wildman–Crippen MR) is 133 cm³/mol. The second-order valence-electron chi connectivity index (χ2n) is 8.66. The molecule has 4 unspecified atom stereocenters. The molecule has 192 valence electrons. The Morgan fingerprint density at radius 1 is 0.735 bits per heavy atom. The molecule has 0 aliphatic heterocycles. The summed E-state index contributed by atoms with van der Waals surface area (Å²) in [6.07, 6.45) is 11.2. The van der Waals surface area contributed by atoms with E-state index in [9.17, 15) is 4.57 Å². The smallest absolute Gasteiger partial charge is 0.497 e. The lowest BCUT2D eigenvalue weighted by Gasteiger charge is -2.40. The van der Waals surface area contributed by atoms with E-state index in [2.05, 4.69) is 27.7 Å². The Morgan fingerprint density at radius 3 is 1.38 bits per heavy atom. The molecule has 7 nitrogen and oxygen atoms in total. The summed E-state index contributed by atoms with van der Waals surface area (Å²) in [7, 11) is 4.36. The topological polar surface area (TPSA) is 72.5 Å². The van der Waals surface area contributed by atoms with Crippen LogP contribution in [0.3, 0.4) is 0 Å². The summed E-state index contributed by atoms with van der Waals surface area (Å²) in [5.74, 6) is 1.62. The zero-order valence-electron chi connectivity index (χ0n) is 22.0. The van der Waals surface area contributed by atoms with Gasteiger partial charge in [0, 0.05) is 30.6 Å². The molecule has 0 aromatic heterocycles. The molecule has 0 aromatic rings. The maximum atomic E-state index is 12.7. The van der Waals surface area contributed by atoms with Gasteiger partial charge in [0.2, 0.25) is 0 Å². The predicted octanol–water partition coefficient (Wildman–Crippen LogP) is 6.26. The molecule has 2 aliphatic rings. The second kappa shape index (κ2) is 13.0. The molecule has 2 rings (SSSR count). The highest BCUT2D eigenvalue weighted by atomic mass is 31.1. The Kier molecular flexibility index (Phi) is 11.0. The lowest BCUT2D eigenvalue weighted by molar-refractivity contribution is -0.0186. The molecule has 0 saturated heterocycles. The first kappa shape index (κ1) is 28.7. The highest BCUT2D eigenvalue weighted by Crippen LogP contribution is 2.43. The first-order valence-electron chi connectivity index (χ1n) is 12.1. The SMILES string of the molecule is CCC1C(CO[P+](=O)OCC2=CC(OC)=CC(CC)(OC)C2CC)=CC(OC)=CC1(CC)OC. The van der Waals surface area contributed by atoms with Gasteiger partial charge in [0.25, 0.3) is 0 Å². The first-order valence-corrected chi connectivity index (χ1v) is 13.2. The summed E-state index contributed by atoms with van der Waals surface area (Å²) in [5, 5.41) is 0. The average Bonchev–Trinajstić information content (AvgIpc) is 2.88. The van der Waals surface area contributed by atoms with Crippen molar-refractivity contribution in [1.29, 1.82) is 0 Å². The number of methoxy groups -OCH3 is 4. The van der Waals surface area contributed by atoms with Crippen LogP contribution in [0.1, 0.15) is 53.4 Å². The van der Waals surface area contributed by atoms with E-state index in [1.54, 1.807) is 28.4 Å². The van der Waals surface area contributed by atoms with Crippen LogP contribution in [0.2, 0.25) is 0 Å². The Bertz CT molecular complexity index is 753. The van der Waals surface area contributed by atoms with Gasteiger partial charge >= 0.3 is 8.25 Å². The third kappa shape index (κ3) is 6.00. The van der Waals surface area contributed by atoms with Gasteiger partial charge in [-0.25, -0.2) is 0 Å². The quantitative estimate of drug-likeness (QED) is 0.262. The maximum Gasteiger partial charge on any atom is 0.698 e. The van der Waals surface area contributed by atoms with E-state index >= 15 is 0 Å². The van der Waals surface area contributed by atoms with Gasteiger partial charge in [0.05, 0.1) is 25.4 Å². The number of hydrogen-bond donors (Lipinski definition) is 0. The van der Waals surface area contributed by atoms with Gasteiger partial charge in [-0.2, -0.15) is 0 Å². The summed E-state index contributed by atoms with van der Waals surface area (Å²) in [4.78, 5) is 0. The lowest BCUT2D eigenvalue weighted by Crippen LogP contribution is -2.41. The van der Waals surface area contributed by atoms with Gasteiger partial charge in [-0.3, -0.25) is 0 Å². The van der Waals surface area contributed by atoms with E-state index < -0.39 is 19.5 Å². The molecule has 0 saturated carbocycles. The van der Waals surface area contributed by atoms with Crippen LogP contribution in [-0.4, -0.2) is 52.9 Å². The van der Waals surface area contributed by atoms with E-state index in [4.69, 9.17) is 28.0 Å². The molecule has 0 fully saturated rings. The van der Waals surface area contributed by atoms with Crippen molar-refractivity contribution in [2.75, 3.05) is 41.7 Å². The number of allylic oxidation sites excluding steroid dienone is 2. The van der Waals surface area contributed by atoms with Gasteiger partial charge in [-0.15, -0.1) is 9.05 Å². The van der Waals surface area contributed by atoms with Crippen molar-refractivity contribution >= 4 is 8.25 Å². The van der Waals surface area contributed by atoms with Crippen LogP contribution >= 0.6 is 8.25 Å². The third-order valence-corrected chi connectivity index (χ3v) is 8.01. The third-order valence-electron chi connectivity index (χ3n) is 7.33. The van der Waals surface area contributed by atoms with Crippen molar-refractivity contribution in [2.24, 2.45) is 11.8 Å². The van der Waals surface area contributed by atoms with Crippen molar-refractivity contribution in [3.8, 4) is 0 Å². The molecule has 0 N–H and O–H groups in total. The van der Waals surface area contributed by atoms with E-state index in [0.717, 1.165) is 48.3 Å². The zero-order valence-corrected chi connectivity index (χ0v) is 22.9. The van der Waals surface area contributed by atoms with Crippen molar-refractivity contribution in [3.63, 3.8) is 0 Å². The van der Waals surface area contributed by atoms with Crippen molar-refractivity contribution < 1.29 is 32.6 Å². The monoisotopic (exact) mass is 497 g/mol. The number of hydrogen-bond acceptors (Lipinski definition) is 7. The summed E-state index contributed by atoms with van der Waals surface area (Å²) in [6.45, 7) is 8.75. The average molecular weight is 498 g/mol. The minimum absolute atomic E-state index is 0.0941. The molecule has 2 aliphatic carbocycles. The molecular weight excluding hydrogens is 455 g/mol. The Hall–Kier alpha value is -1.50. The molecular formula is C26H42O7P+. The molecule has 0 radical (unpaired) electrons. The summed E-state index contributed by atoms with van der Waals surface area (Å²) in [6, 6.07) is 0. The Labute approximate surface area is 206 Å².